The summed E-state index contributed by atoms with van der Waals surface area (Å²) in [6.45, 7) is 1.13. The number of pyridine rings is 1. The molecule has 88 valence electrons. The third-order valence-corrected chi connectivity index (χ3v) is 3.96. The van der Waals surface area contributed by atoms with Gasteiger partial charge in [0.1, 0.15) is 0 Å². The Morgan fingerprint density at radius 3 is 3.00 bits per heavy atom. The van der Waals surface area contributed by atoms with Gasteiger partial charge in [-0.3, -0.25) is 4.98 Å². The van der Waals surface area contributed by atoms with Crippen molar-refractivity contribution in [2.24, 2.45) is 0 Å². The van der Waals surface area contributed by atoms with Crippen LogP contribution < -0.4 is 5.32 Å². The van der Waals surface area contributed by atoms with Crippen LogP contribution in [0.2, 0.25) is 0 Å². The Kier molecular flexibility index (Phi) is 3.16. The van der Waals surface area contributed by atoms with Gasteiger partial charge < -0.3 is 5.32 Å². The van der Waals surface area contributed by atoms with Gasteiger partial charge in [0.15, 0.2) is 0 Å². The summed E-state index contributed by atoms with van der Waals surface area (Å²) in [5, 5.41) is 6.87. The lowest BCUT2D eigenvalue weighted by Gasteiger charge is -2.04. The molecule has 2 aromatic rings. The summed E-state index contributed by atoms with van der Waals surface area (Å²) < 4.78 is 0. The number of rotatable bonds is 3. The maximum atomic E-state index is 4.72. The van der Waals surface area contributed by atoms with Crippen LogP contribution in [-0.4, -0.2) is 16.5 Å². The molecule has 3 rings (SSSR count). The first kappa shape index (κ1) is 10.9. The first-order chi connectivity index (χ1) is 8.42. The first-order valence-corrected chi connectivity index (χ1v) is 6.86. The zero-order chi connectivity index (χ0) is 11.5. The fourth-order valence-corrected chi connectivity index (χ4v) is 3.06. The monoisotopic (exact) mass is 245 g/mol. The highest BCUT2D eigenvalue weighted by Crippen LogP contribution is 2.25. The predicted octanol–water partition coefficient (Wildman–Crippen LogP) is 2.55. The molecule has 3 heterocycles. The van der Waals surface area contributed by atoms with Crippen LogP contribution in [0.5, 0.6) is 0 Å². The molecular weight excluding hydrogens is 230 g/mol. The van der Waals surface area contributed by atoms with E-state index in [2.05, 4.69) is 27.8 Å². The molecule has 0 unspecified atom stereocenters. The quantitative estimate of drug-likeness (QED) is 0.903. The normalized spacial score (nSPS) is 19.6. The molecule has 1 aliphatic rings. The zero-order valence-corrected chi connectivity index (χ0v) is 10.4. The summed E-state index contributed by atoms with van der Waals surface area (Å²) in [6.07, 6.45) is 7.07. The van der Waals surface area contributed by atoms with Gasteiger partial charge >= 0.3 is 0 Å². The highest BCUT2D eigenvalue weighted by atomic mass is 32.1. The standard InChI is InChI=1S/C13H15N3S/c1-2-11(15-5-1)12-9-17-13(16-12)8-10-3-6-14-7-4-10/h3-4,6-7,9,11,15H,1-2,5,8H2/t11-/m0/s1. The molecular formula is C13H15N3S. The highest BCUT2D eigenvalue weighted by molar-refractivity contribution is 7.09. The average Bonchev–Trinajstić information content (AvgIpc) is 3.00. The Morgan fingerprint density at radius 2 is 2.24 bits per heavy atom. The van der Waals surface area contributed by atoms with Crippen LogP contribution in [0.25, 0.3) is 0 Å². The van der Waals surface area contributed by atoms with E-state index in [1.54, 1.807) is 11.3 Å². The number of hydrogen-bond donors (Lipinski definition) is 1. The molecule has 0 spiro atoms. The molecule has 1 saturated heterocycles. The second kappa shape index (κ2) is 4.94. The lowest BCUT2D eigenvalue weighted by molar-refractivity contribution is 0.630. The molecule has 1 atom stereocenters. The van der Waals surface area contributed by atoms with Crippen LogP contribution in [-0.2, 0) is 6.42 Å². The Hall–Kier alpha value is -1.26. The van der Waals surface area contributed by atoms with Gasteiger partial charge in [-0.05, 0) is 37.1 Å². The summed E-state index contributed by atoms with van der Waals surface area (Å²) in [4.78, 5) is 8.75. The van der Waals surface area contributed by atoms with Gasteiger partial charge in [-0.15, -0.1) is 11.3 Å². The predicted molar refractivity (Wildman–Crippen MR) is 69.1 cm³/mol. The number of nitrogens with zero attached hydrogens (tertiary/aromatic N) is 2. The van der Waals surface area contributed by atoms with E-state index in [1.807, 2.05) is 12.4 Å². The summed E-state index contributed by atoms with van der Waals surface area (Å²) in [5.74, 6) is 0. The van der Waals surface area contributed by atoms with E-state index in [0.717, 1.165) is 13.0 Å². The van der Waals surface area contributed by atoms with Gasteiger partial charge in [0.05, 0.1) is 16.7 Å². The Bertz CT molecular complexity index is 474. The second-order valence-electron chi connectivity index (χ2n) is 4.35. The Labute approximate surface area is 105 Å². The Balaban J connectivity index is 1.72. The molecule has 1 fully saturated rings. The highest BCUT2D eigenvalue weighted by Gasteiger charge is 2.18. The second-order valence-corrected chi connectivity index (χ2v) is 5.29. The minimum atomic E-state index is 0.484. The lowest BCUT2D eigenvalue weighted by Crippen LogP contribution is -2.13. The van der Waals surface area contributed by atoms with Crippen molar-refractivity contribution in [1.82, 2.24) is 15.3 Å². The van der Waals surface area contributed by atoms with Gasteiger partial charge in [0.2, 0.25) is 0 Å². The molecule has 0 radical (unpaired) electrons. The van der Waals surface area contributed by atoms with Gasteiger partial charge in [0.25, 0.3) is 0 Å². The molecule has 0 aromatic carbocycles. The molecule has 17 heavy (non-hydrogen) atoms. The number of nitrogens with one attached hydrogen (secondary N) is 1. The summed E-state index contributed by atoms with van der Waals surface area (Å²) in [5.41, 5.74) is 2.50. The maximum Gasteiger partial charge on any atom is 0.0972 e. The molecule has 0 bridgehead atoms. The molecule has 1 aliphatic heterocycles. The molecule has 0 saturated carbocycles. The van der Waals surface area contributed by atoms with Crippen molar-refractivity contribution in [3.05, 3.63) is 46.2 Å². The number of thiazole rings is 1. The summed E-state index contributed by atoms with van der Waals surface area (Å²) in [7, 11) is 0. The molecule has 2 aromatic heterocycles. The van der Waals surface area contributed by atoms with E-state index in [1.165, 1.54) is 29.1 Å². The van der Waals surface area contributed by atoms with Crippen molar-refractivity contribution in [3.8, 4) is 0 Å². The summed E-state index contributed by atoms with van der Waals surface area (Å²) in [6, 6.07) is 4.58. The molecule has 1 N–H and O–H groups in total. The van der Waals surface area contributed by atoms with Gasteiger partial charge in [-0.2, -0.15) is 0 Å². The smallest absolute Gasteiger partial charge is 0.0972 e. The fraction of sp³-hybridized carbons (Fsp3) is 0.385. The largest absolute Gasteiger partial charge is 0.309 e. The van der Waals surface area contributed by atoms with E-state index >= 15 is 0 Å². The van der Waals surface area contributed by atoms with Crippen LogP contribution in [0.4, 0.5) is 0 Å². The van der Waals surface area contributed by atoms with Crippen LogP contribution in [0, 0.1) is 0 Å². The van der Waals surface area contributed by atoms with Crippen LogP contribution in [0.1, 0.15) is 35.1 Å². The van der Waals surface area contributed by atoms with Crippen molar-refractivity contribution in [1.29, 1.82) is 0 Å². The Morgan fingerprint density at radius 1 is 1.35 bits per heavy atom. The zero-order valence-electron chi connectivity index (χ0n) is 9.60. The van der Waals surface area contributed by atoms with E-state index in [4.69, 9.17) is 4.98 Å². The number of hydrogen-bond acceptors (Lipinski definition) is 4. The fourth-order valence-electron chi connectivity index (χ4n) is 2.18. The summed E-state index contributed by atoms with van der Waals surface area (Å²) >= 11 is 1.76. The van der Waals surface area contributed by atoms with Crippen molar-refractivity contribution in [2.45, 2.75) is 25.3 Å². The van der Waals surface area contributed by atoms with Gasteiger partial charge in [-0.25, -0.2) is 4.98 Å². The van der Waals surface area contributed by atoms with E-state index in [0.29, 0.717) is 6.04 Å². The molecule has 3 nitrogen and oxygen atoms in total. The van der Waals surface area contributed by atoms with Crippen molar-refractivity contribution >= 4 is 11.3 Å². The van der Waals surface area contributed by atoms with Crippen LogP contribution >= 0.6 is 11.3 Å². The first-order valence-electron chi connectivity index (χ1n) is 5.98. The maximum absolute atomic E-state index is 4.72. The lowest BCUT2D eigenvalue weighted by atomic mass is 10.2. The van der Waals surface area contributed by atoms with Crippen LogP contribution in [0.15, 0.2) is 29.9 Å². The van der Waals surface area contributed by atoms with E-state index in [-0.39, 0.29) is 0 Å². The van der Waals surface area contributed by atoms with Gasteiger partial charge in [0, 0.05) is 24.2 Å². The van der Waals surface area contributed by atoms with E-state index < -0.39 is 0 Å². The third kappa shape index (κ3) is 2.53. The molecule has 0 amide bonds. The molecule has 4 heteroatoms. The molecule has 0 aliphatic carbocycles. The topological polar surface area (TPSA) is 37.8 Å². The van der Waals surface area contributed by atoms with Crippen molar-refractivity contribution in [2.75, 3.05) is 6.54 Å². The number of aromatic nitrogens is 2. The minimum absolute atomic E-state index is 0.484. The van der Waals surface area contributed by atoms with Crippen molar-refractivity contribution < 1.29 is 0 Å². The van der Waals surface area contributed by atoms with Gasteiger partial charge in [-0.1, -0.05) is 0 Å². The third-order valence-electron chi connectivity index (χ3n) is 3.09. The van der Waals surface area contributed by atoms with Crippen molar-refractivity contribution in [3.63, 3.8) is 0 Å². The van der Waals surface area contributed by atoms with Crippen LogP contribution in [0.3, 0.4) is 0 Å². The average molecular weight is 245 g/mol. The SMILES string of the molecule is c1cc(Cc2nc([C@@H]3CCCN3)cs2)ccn1. The minimum Gasteiger partial charge on any atom is -0.309 e. The van der Waals surface area contributed by atoms with E-state index in [9.17, 15) is 0 Å².